The largest absolute Gasteiger partial charge is 0.416 e. The van der Waals surface area contributed by atoms with Gasteiger partial charge in [0.15, 0.2) is 0 Å². The van der Waals surface area contributed by atoms with Gasteiger partial charge in [-0.3, -0.25) is 0 Å². The van der Waals surface area contributed by atoms with Gasteiger partial charge in [-0.2, -0.15) is 13.2 Å². The average molecular weight is 341 g/mol. The highest BCUT2D eigenvalue weighted by Crippen LogP contribution is 2.35. The molecule has 0 atom stereocenters. The second kappa shape index (κ2) is 4.63. The molecular weight excluding hydrogens is 333 g/mol. The van der Waals surface area contributed by atoms with Gasteiger partial charge in [0.05, 0.1) is 16.6 Å². The molecule has 0 aliphatic rings. The van der Waals surface area contributed by atoms with Gasteiger partial charge in [0.25, 0.3) is 0 Å². The van der Waals surface area contributed by atoms with Crippen LogP contribution in [0.1, 0.15) is 5.56 Å². The molecule has 102 valence electrons. The van der Waals surface area contributed by atoms with Gasteiger partial charge >= 0.3 is 6.18 Å². The number of hydrogen-bond donors (Lipinski definition) is 1. The van der Waals surface area contributed by atoms with Crippen LogP contribution in [0.4, 0.5) is 13.2 Å². The molecular formula is C14H8BrF3N2. The fraction of sp³-hybridized carbons (Fsp3) is 0.0714. The summed E-state index contributed by atoms with van der Waals surface area (Å²) < 4.78 is 38.2. The van der Waals surface area contributed by atoms with Crippen LogP contribution in [0.15, 0.2) is 46.9 Å². The first-order chi connectivity index (χ1) is 9.45. The van der Waals surface area contributed by atoms with Crippen LogP contribution in [0.3, 0.4) is 0 Å². The minimum absolute atomic E-state index is 0.353. The van der Waals surface area contributed by atoms with E-state index in [2.05, 4.69) is 25.9 Å². The van der Waals surface area contributed by atoms with E-state index in [1.54, 1.807) is 0 Å². The van der Waals surface area contributed by atoms with E-state index in [4.69, 9.17) is 0 Å². The SMILES string of the molecule is FC(F)(F)c1ccc(-c2nc3ccccc3[nH]2)c(Br)c1. The highest BCUT2D eigenvalue weighted by molar-refractivity contribution is 9.10. The summed E-state index contributed by atoms with van der Waals surface area (Å²) in [6, 6.07) is 10.9. The van der Waals surface area contributed by atoms with Crippen LogP contribution in [0.2, 0.25) is 0 Å². The van der Waals surface area contributed by atoms with Crippen LogP contribution < -0.4 is 0 Å². The van der Waals surface area contributed by atoms with Gasteiger partial charge < -0.3 is 4.98 Å². The van der Waals surface area contributed by atoms with Crippen molar-refractivity contribution in [2.24, 2.45) is 0 Å². The zero-order valence-corrected chi connectivity index (χ0v) is 11.6. The second-order valence-corrected chi connectivity index (χ2v) is 5.15. The van der Waals surface area contributed by atoms with Gasteiger partial charge in [-0.05, 0) is 30.3 Å². The Morgan fingerprint density at radius 3 is 2.45 bits per heavy atom. The van der Waals surface area contributed by atoms with Crippen molar-refractivity contribution in [1.29, 1.82) is 0 Å². The zero-order valence-electron chi connectivity index (χ0n) is 10.0. The third kappa shape index (κ3) is 2.31. The summed E-state index contributed by atoms with van der Waals surface area (Å²) in [5.74, 6) is 0.534. The summed E-state index contributed by atoms with van der Waals surface area (Å²) in [5.41, 5.74) is 1.52. The Bertz CT molecular complexity index is 744. The summed E-state index contributed by atoms with van der Waals surface area (Å²) in [7, 11) is 0. The second-order valence-electron chi connectivity index (χ2n) is 4.29. The molecule has 0 aliphatic heterocycles. The van der Waals surface area contributed by atoms with E-state index in [0.717, 1.165) is 23.2 Å². The van der Waals surface area contributed by atoms with Crippen LogP contribution in [-0.4, -0.2) is 9.97 Å². The number of para-hydroxylation sites is 2. The number of benzene rings is 2. The molecule has 0 spiro atoms. The smallest absolute Gasteiger partial charge is 0.338 e. The third-order valence-electron chi connectivity index (χ3n) is 2.94. The van der Waals surface area contributed by atoms with Crippen LogP contribution in [0, 0.1) is 0 Å². The topological polar surface area (TPSA) is 28.7 Å². The quantitative estimate of drug-likeness (QED) is 0.662. The van der Waals surface area contributed by atoms with E-state index in [0.29, 0.717) is 15.9 Å². The molecule has 1 N–H and O–H groups in total. The first-order valence-corrected chi connectivity index (χ1v) is 6.56. The van der Waals surface area contributed by atoms with Crippen LogP contribution >= 0.6 is 15.9 Å². The lowest BCUT2D eigenvalue weighted by atomic mass is 10.1. The van der Waals surface area contributed by atoms with Crippen molar-refractivity contribution in [3.63, 3.8) is 0 Å². The van der Waals surface area contributed by atoms with E-state index in [1.165, 1.54) is 6.07 Å². The first-order valence-electron chi connectivity index (χ1n) is 5.77. The molecule has 3 rings (SSSR count). The van der Waals surface area contributed by atoms with E-state index in [-0.39, 0.29) is 0 Å². The molecule has 0 amide bonds. The molecule has 0 unspecified atom stereocenters. The number of hydrogen-bond acceptors (Lipinski definition) is 1. The highest BCUT2D eigenvalue weighted by atomic mass is 79.9. The average Bonchev–Trinajstić information content (AvgIpc) is 2.80. The predicted molar refractivity (Wildman–Crippen MR) is 74.2 cm³/mol. The number of nitrogens with one attached hydrogen (secondary N) is 1. The molecule has 0 bridgehead atoms. The summed E-state index contributed by atoms with van der Waals surface area (Å²) in [6.07, 6.45) is -4.35. The fourth-order valence-corrected chi connectivity index (χ4v) is 2.53. The van der Waals surface area contributed by atoms with Crippen LogP contribution in [0.25, 0.3) is 22.4 Å². The van der Waals surface area contributed by atoms with Gasteiger partial charge in [-0.15, -0.1) is 0 Å². The highest BCUT2D eigenvalue weighted by Gasteiger charge is 2.31. The van der Waals surface area contributed by atoms with Crippen molar-refractivity contribution in [1.82, 2.24) is 9.97 Å². The Morgan fingerprint density at radius 2 is 1.80 bits per heavy atom. The molecule has 0 fully saturated rings. The van der Waals surface area contributed by atoms with Crippen LogP contribution in [-0.2, 0) is 6.18 Å². The Labute approximate surface area is 120 Å². The number of imidazole rings is 1. The predicted octanol–water partition coefficient (Wildman–Crippen LogP) is 5.01. The Balaban J connectivity index is 2.10. The number of halogens is 4. The lowest BCUT2D eigenvalue weighted by molar-refractivity contribution is -0.137. The number of aromatic nitrogens is 2. The number of fused-ring (bicyclic) bond motifs is 1. The fourth-order valence-electron chi connectivity index (χ4n) is 1.96. The van der Waals surface area contributed by atoms with Crippen molar-refractivity contribution in [3.8, 4) is 11.4 Å². The monoisotopic (exact) mass is 340 g/mol. The maximum Gasteiger partial charge on any atom is 0.416 e. The summed E-state index contributed by atoms with van der Waals surface area (Å²) in [5, 5.41) is 0. The van der Waals surface area contributed by atoms with E-state index in [9.17, 15) is 13.2 Å². The van der Waals surface area contributed by atoms with Crippen molar-refractivity contribution in [2.75, 3.05) is 0 Å². The zero-order chi connectivity index (χ0) is 14.3. The number of aromatic amines is 1. The number of alkyl halides is 3. The molecule has 20 heavy (non-hydrogen) atoms. The number of nitrogens with zero attached hydrogens (tertiary/aromatic N) is 1. The third-order valence-corrected chi connectivity index (χ3v) is 3.60. The molecule has 0 saturated carbocycles. The van der Waals surface area contributed by atoms with Gasteiger partial charge in [-0.1, -0.05) is 28.1 Å². The minimum Gasteiger partial charge on any atom is -0.338 e. The van der Waals surface area contributed by atoms with E-state index < -0.39 is 11.7 Å². The molecule has 0 saturated heterocycles. The minimum atomic E-state index is -4.35. The molecule has 2 aromatic carbocycles. The van der Waals surface area contributed by atoms with E-state index in [1.807, 2.05) is 24.3 Å². The molecule has 0 aliphatic carbocycles. The standard InChI is InChI=1S/C14H8BrF3N2/c15-10-7-8(14(16,17)18)5-6-9(10)13-19-11-3-1-2-4-12(11)20-13/h1-7H,(H,19,20). The number of H-pyrrole nitrogens is 1. The maximum atomic E-state index is 12.6. The maximum absolute atomic E-state index is 12.6. The van der Waals surface area contributed by atoms with Gasteiger partial charge in [0, 0.05) is 10.0 Å². The van der Waals surface area contributed by atoms with Crippen LogP contribution in [0.5, 0.6) is 0 Å². The van der Waals surface area contributed by atoms with Gasteiger partial charge in [-0.25, -0.2) is 4.98 Å². The lowest BCUT2D eigenvalue weighted by Gasteiger charge is -2.08. The Hall–Kier alpha value is -1.82. The first kappa shape index (κ1) is 13.2. The number of rotatable bonds is 1. The molecule has 1 aromatic heterocycles. The molecule has 0 radical (unpaired) electrons. The Morgan fingerprint density at radius 1 is 1.05 bits per heavy atom. The Kier molecular flexibility index (Phi) is 3.05. The van der Waals surface area contributed by atoms with Crippen molar-refractivity contribution < 1.29 is 13.2 Å². The molecule has 6 heteroatoms. The molecule has 3 aromatic rings. The molecule has 2 nitrogen and oxygen atoms in total. The van der Waals surface area contributed by atoms with E-state index >= 15 is 0 Å². The van der Waals surface area contributed by atoms with Gasteiger partial charge in [0.1, 0.15) is 5.82 Å². The summed E-state index contributed by atoms with van der Waals surface area (Å²) in [4.78, 5) is 7.46. The van der Waals surface area contributed by atoms with Crippen molar-refractivity contribution in [3.05, 3.63) is 52.5 Å². The summed E-state index contributed by atoms with van der Waals surface area (Å²) in [6.45, 7) is 0. The lowest BCUT2D eigenvalue weighted by Crippen LogP contribution is -2.04. The summed E-state index contributed by atoms with van der Waals surface area (Å²) >= 11 is 3.17. The van der Waals surface area contributed by atoms with Crippen molar-refractivity contribution in [2.45, 2.75) is 6.18 Å². The molecule has 1 heterocycles. The normalized spacial score (nSPS) is 12.0. The van der Waals surface area contributed by atoms with Crippen molar-refractivity contribution >= 4 is 27.0 Å². The van der Waals surface area contributed by atoms with Gasteiger partial charge in [0.2, 0.25) is 0 Å².